The van der Waals surface area contributed by atoms with Gasteiger partial charge in [-0.3, -0.25) is 4.79 Å². The number of carbonyl (C=O) groups excluding carboxylic acids is 1. The SMILES string of the molecule is CN(CC1CCCOC1)C(=O)C(C)(C)CN. The molecule has 1 atom stereocenters. The number of nitrogens with zero attached hydrogens (tertiary/aromatic N) is 1. The Labute approximate surface area is 98.1 Å². The van der Waals surface area contributed by atoms with E-state index in [9.17, 15) is 4.79 Å². The highest BCUT2D eigenvalue weighted by Crippen LogP contribution is 2.19. The third kappa shape index (κ3) is 3.46. The maximum atomic E-state index is 12.1. The molecule has 0 bridgehead atoms. The summed E-state index contributed by atoms with van der Waals surface area (Å²) in [5.74, 6) is 0.608. The Balaban J connectivity index is 2.44. The van der Waals surface area contributed by atoms with Crippen LogP contribution in [0.15, 0.2) is 0 Å². The van der Waals surface area contributed by atoms with E-state index in [-0.39, 0.29) is 5.91 Å². The van der Waals surface area contributed by atoms with Crippen molar-refractivity contribution in [1.82, 2.24) is 4.90 Å². The summed E-state index contributed by atoms with van der Waals surface area (Å²) in [4.78, 5) is 13.9. The lowest BCUT2D eigenvalue weighted by atomic mass is 9.91. The number of amides is 1. The summed E-state index contributed by atoms with van der Waals surface area (Å²) in [5, 5.41) is 0. The normalized spacial score (nSPS) is 21.9. The van der Waals surface area contributed by atoms with Crippen LogP contribution in [0.2, 0.25) is 0 Å². The molecule has 1 aliphatic heterocycles. The van der Waals surface area contributed by atoms with E-state index in [0.717, 1.165) is 32.6 Å². The van der Waals surface area contributed by atoms with Gasteiger partial charge in [-0.05, 0) is 32.6 Å². The molecule has 1 fully saturated rings. The summed E-state index contributed by atoms with van der Waals surface area (Å²) in [6.45, 7) is 6.59. The Kier molecular flexibility index (Phi) is 4.74. The molecule has 4 nitrogen and oxygen atoms in total. The van der Waals surface area contributed by atoms with Crippen molar-refractivity contribution in [3.05, 3.63) is 0 Å². The molecule has 0 radical (unpaired) electrons. The van der Waals surface area contributed by atoms with Crippen LogP contribution >= 0.6 is 0 Å². The van der Waals surface area contributed by atoms with Crippen LogP contribution in [0.25, 0.3) is 0 Å². The van der Waals surface area contributed by atoms with Crippen molar-refractivity contribution in [2.24, 2.45) is 17.1 Å². The molecule has 1 rings (SSSR count). The highest BCUT2D eigenvalue weighted by molar-refractivity contribution is 5.81. The average Bonchev–Trinajstić information content (AvgIpc) is 2.29. The summed E-state index contributed by atoms with van der Waals surface area (Å²) >= 11 is 0. The Morgan fingerprint density at radius 1 is 1.56 bits per heavy atom. The smallest absolute Gasteiger partial charge is 0.229 e. The second-order valence-electron chi connectivity index (χ2n) is 5.36. The van der Waals surface area contributed by atoms with Gasteiger partial charge in [-0.2, -0.15) is 0 Å². The van der Waals surface area contributed by atoms with Crippen LogP contribution in [0.5, 0.6) is 0 Å². The van der Waals surface area contributed by atoms with Gasteiger partial charge in [-0.25, -0.2) is 0 Å². The molecule has 1 unspecified atom stereocenters. The van der Waals surface area contributed by atoms with Crippen LogP contribution in [0.4, 0.5) is 0 Å². The zero-order chi connectivity index (χ0) is 12.2. The Hall–Kier alpha value is -0.610. The number of hydrogen-bond acceptors (Lipinski definition) is 3. The highest BCUT2D eigenvalue weighted by atomic mass is 16.5. The molecule has 0 aromatic heterocycles. The van der Waals surface area contributed by atoms with Crippen molar-refractivity contribution in [1.29, 1.82) is 0 Å². The number of ether oxygens (including phenoxy) is 1. The van der Waals surface area contributed by atoms with Crippen molar-refractivity contribution in [3.63, 3.8) is 0 Å². The van der Waals surface area contributed by atoms with Gasteiger partial charge >= 0.3 is 0 Å². The molecule has 1 heterocycles. The molecule has 1 amide bonds. The van der Waals surface area contributed by atoms with Crippen LogP contribution in [0, 0.1) is 11.3 Å². The summed E-state index contributed by atoms with van der Waals surface area (Å²) in [6, 6.07) is 0. The second kappa shape index (κ2) is 5.64. The van der Waals surface area contributed by atoms with Gasteiger partial charge in [0.2, 0.25) is 5.91 Å². The molecule has 1 aliphatic rings. The first-order chi connectivity index (χ1) is 7.47. The van der Waals surface area contributed by atoms with Crippen LogP contribution in [0.1, 0.15) is 26.7 Å². The summed E-state index contributed by atoms with van der Waals surface area (Å²) in [6.07, 6.45) is 2.26. The van der Waals surface area contributed by atoms with E-state index in [2.05, 4.69) is 0 Å². The third-order valence-electron chi connectivity index (χ3n) is 3.22. The molecular weight excluding hydrogens is 204 g/mol. The lowest BCUT2D eigenvalue weighted by Crippen LogP contribution is -2.45. The quantitative estimate of drug-likeness (QED) is 0.776. The van der Waals surface area contributed by atoms with Crippen molar-refractivity contribution in [3.8, 4) is 0 Å². The molecule has 0 aromatic rings. The molecule has 16 heavy (non-hydrogen) atoms. The molecule has 2 N–H and O–H groups in total. The van der Waals surface area contributed by atoms with Crippen LogP contribution < -0.4 is 5.73 Å². The Morgan fingerprint density at radius 2 is 2.25 bits per heavy atom. The van der Waals surface area contributed by atoms with Gasteiger partial charge < -0.3 is 15.4 Å². The molecule has 94 valence electrons. The summed E-state index contributed by atoms with van der Waals surface area (Å²) < 4.78 is 5.41. The van der Waals surface area contributed by atoms with E-state index in [0.29, 0.717) is 12.5 Å². The minimum atomic E-state index is -0.454. The van der Waals surface area contributed by atoms with Crippen molar-refractivity contribution >= 4 is 5.91 Å². The number of nitrogens with two attached hydrogens (primary N) is 1. The molecule has 0 spiro atoms. The number of rotatable bonds is 4. The van der Waals surface area contributed by atoms with Gasteiger partial charge in [0, 0.05) is 26.7 Å². The van der Waals surface area contributed by atoms with Crippen LogP contribution in [0.3, 0.4) is 0 Å². The first-order valence-electron chi connectivity index (χ1n) is 6.01. The molecule has 0 saturated carbocycles. The fourth-order valence-corrected chi connectivity index (χ4v) is 2.03. The number of carbonyl (C=O) groups is 1. The molecule has 4 heteroatoms. The topological polar surface area (TPSA) is 55.6 Å². The second-order valence-corrected chi connectivity index (χ2v) is 5.36. The summed E-state index contributed by atoms with van der Waals surface area (Å²) in [7, 11) is 1.86. The van der Waals surface area contributed by atoms with Gasteiger partial charge in [0.15, 0.2) is 0 Å². The Bertz CT molecular complexity index is 235. The fourth-order valence-electron chi connectivity index (χ4n) is 2.03. The van der Waals surface area contributed by atoms with Crippen molar-refractivity contribution < 1.29 is 9.53 Å². The van der Waals surface area contributed by atoms with E-state index in [1.54, 1.807) is 4.90 Å². The predicted molar refractivity (Wildman–Crippen MR) is 64.0 cm³/mol. The lowest BCUT2D eigenvalue weighted by Gasteiger charge is -2.32. The molecular formula is C12H24N2O2. The average molecular weight is 228 g/mol. The standard InChI is InChI=1S/C12H24N2O2/c1-12(2,9-13)11(15)14(3)7-10-5-4-6-16-8-10/h10H,4-9,13H2,1-3H3. The van der Waals surface area contributed by atoms with Gasteiger partial charge in [0.05, 0.1) is 12.0 Å². The zero-order valence-corrected chi connectivity index (χ0v) is 10.7. The van der Waals surface area contributed by atoms with E-state index < -0.39 is 5.41 Å². The Morgan fingerprint density at radius 3 is 2.75 bits per heavy atom. The predicted octanol–water partition coefficient (Wildman–Crippen LogP) is 0.856. The minimum Gasteiger partial charge on any atom is -0.381 e. The number of hydrogen-bond donors (Lipinski definition) is 1. The first kappa shape index (κ1) is 13.5. The van der Waals surface area contributed by atoms with E-state index >= 15 is 0 Å². The largest absolute Gasteiger partial charge is 0.381 e. The monoisotopic (exact) mass is 228 g/mol. The van der Waals surface area contributed by atoms with E-state index in [4.69, 9.17) is 10.5 Å². The highest BCUT2D eigenvalue weighted by Gasteiger charge is 2.30. The van der Waals surface area contributed by atoms with Gasteiger partial charge in [0.25, 0.3) is 0 Å². The molecule has 0 aliphatic carbocycles. The first-order valence-corrected chi connectivity index (χ1v) is 6.01. The van der Waals surface area contributed by atoms with E-state index in [1.807, 2.05) is 20.9 Å². The molecule has 0 aromatic carbocycles. The van der Waals surface area contributed by atoms with Crippen molar-refractivity contribution in [2.45, 2.75) is 26.7 Å². The van der Waals surface area contributed by atoms with E-state index in [1.165, 1.54) is 0 Å². The summed E-state index contributed by atoms with van der Waals surface area (Å²) in [5.41, 5.74) is 5.15. The third-order valence-corrected chi connectivity index (χ3v) is 3.22. The maximum absolute atomic E-state index is 12.1. The van der Waals surface area contributed by atoms with Gasteiger partial charge in [-0.15, -0.1) is 0 Å². The maximum Gasteiger partial charge on any atom is 0.229 e. The lowest BCUT2D eigenvalue weighted by molar-refractivity contribution is -0.139. The van der Waals surface area contributed by atoms with Gasteiger partial charge in [-0.1, -0.05) is 0 Å². The zero-order valence-electron chi connectivity index (χ0n) is 10.7. The van der Waals surface area contributed by atoms with Crippen LogP contribution in [-0.2, 0) is 9.53 Å². The minimum absolute atomic E-state index is 0.126. The fraction of sp³-hybridized carbons (Fsp3) is 0.917. The molecule has 1 saturated heterocycles. The van der Waals surface area contributed by atoms with Crippen molar-refractivity contribution in [2.75, 3.05) is 33.4 Å². The van der Waals surface area contributed by atoms with Crippen LogP contribution in [-0.4, -0.2) is 44.2 Å². The van der Waals surface area contributed by atoms with Gasteiger partial charge in [0.1, 0.15) is 0 Å².